The van der Waals surface area contributed by atoms with Crippen LogP contribution in [0.2, 0.25) is 0 Å². The Morgan fingerprint density at radius 2 is 1.64 bits per heavy atom. The van der Waals surface area contributed by atoms with Gasteiger partial charge in [0.2, 0.25) is 5.75 Å². The Bertz CT molecular complexity index is 621. The van der Waals surface area contributed by atoms with Gasteiger partial charge in [-0.2, -0.15) is 0 Å². The van der Waals surface area contributed by atoms with Crippen LogP contribution < -0.4 is 9.47 Å². The minimum absolute atomic E-state index is 0.0442. The molecule has 0 saturated carbocycles. The van der Waals surface area contributed by atoms with Gasteiger partial charge < -0.3 is 44.5 Å². The molecule has 0 unspecified atom stereocenters. The zero-order valence-electron chi connectivity index (χ0n) is 15.9. The van der Waals surface area contributed by atoms with Gasteiger partial charge in [0.15, 0.2) is 17.8 Å². The fourth-order valence-electron chi connectivity index (χ4n) is 2.88. The Morgan fingerprint density at radius 3 is 2.21 bits per heavy atom. The number of benzene rings is 1. The van der Waals surface area contributed by atoms with E-state index < -0.39 is 37.3 Å². The lowest BCUT2D eigenvalue weighted by Gasteiger charge is -2.39. The molecular formula is C19H28O9. The smallest absolute Gasteiger partial charge is 0.200 e. The number of aromatic hydroxyl groups is 1. The van der Waals surface area contributed by atoms with Crippen molar-refractivity contribution < 1.29 is 44.5 Å². The molecule has 1 aliphatic rings. The molecule has 0 spiro atoms. The van der Waals surface area contributed by atoms with Crippen LogP contribution in [0.25, 0.3) is 0 Å². The van der Waals surface area contributed by atoms with Crippen molar-refractivity contribution in [2.75, 3.05) is 27.4 Å². The summed E-state index contributed by atoms with van der Waals surface area (Å²) in [4.78, 5) is 0. The number of allylic oxidation sites excluding steroid dienone is 1. The van der Waals surface area contributed by atoms with E-state index in [4.69, 9.17) is 24.1 Å². The van der Waals surface area contributed by atoms with E-state index >= 15 is 0 Å². The number of aliphatic hydroxyl groups is 4. The average molecular weight is 400 g/mol. The predicted molar refractivity (Wildman–Crippen MR) is 98.4 cm³/mol. The van der Waals surface area contributed by atoms with Crippen LogP contribution in [-0.2, 0) is 15.9 Å². The maximum absolute atomic E-state index is 9.91. The molecule has 0 radical (unpaired) electrons. The molecule has 9 nitrogen and oxygen atoms in total. The van der Waals surface area contributed by atoms with E-state index in [0.29, 0.717) is 24.3 Å². The van der Waals surface area contributed by atoms with Crippen LogP contribution in [-0.4, -0.2) is 83.7 Å². The molecule has 1 saturated heterocycles. The Hall–Kier alpha value is -1.88. The summed E-state index contributed by atoms with van der Waals surface area (Å²) in [6.45, 7) is -0.384. The quantitative estimate of drug-likeness (QED) is 0.354. The van der Waals surface area contributed by atoms with Crippen molar-refractivity contribution in [2.24, 2.45) is 0 Å². The summed E-state index contributed by atoms with van der Waals surface area (Å²) in [5.74, 6) is 0.630. The number of hydrogen-bond donors (Lipinski definition) is 5. The highest BCUT2D eigenvalue weighted by Crippen LogP contribution is 2.37. The molecule has 1 aliphatic heterocycles. The van der Waals surface area contributed by atoms with Gasteiger partial charge in [-0.3, -0.25) is 0 Å². The van der Waals surface area contributed by atoms with Crippen molar-refractivity contribution in [1.82, 2.24) is 0 Å². The van der Waals surface area contributed by atoms with Crippen LogP contribution in [0.5, 0.6) is 17.2 Å². The maximum Gasteiger partial charge on any atom is 0.200 e. The lowest BCUT2D eigenvalue weighted by Crippen LogP contribution is -2.59. The second-order valence-electron chi connectivity index (χ2n) is 6.39. The number of phenols is 1. The second-order valence-corrected chi connectivity index (χ2v) is 6.39. The first kappa shape index (κ1) is 22.4. The van der Waals surface area contributed by atoms with Gasteiger partial charge in [-0.25, -0.2) is 0 Å². The third-order valence-corrected chi connectivity index (χ3v) is 4.51. The lowest BCUT2D eigenvalue weighted by atomic mass is 9.99. The molecule has 1 aromatic carbocycles. The number of hydrogen-bond acceptors (Lipinski definition) is 9. The van der Waals surface area contributed by atoms with Crippen LogP contribution >= 0.6 is 0 Å². The summed E-state index contributed by atoms with van der Waals surface area (Å²) >= 11 is 0. The van der Waals surface area contributed by atoms with Gasteiger partial charge in [0, 0.05) is 0 Å². The number of ether oxygens (including phenoxy) is 4. The van der Waals surface area contributed by atoms with Crippen molar-refractivity contribution in [3.8, 4) is 17.2 Å². The largest absolute Gasteiger partial charge is 0.502 e. The van der Waals surface area contributed by atoms with Crippen molar-refractivity contribution in [1.29, 1.82) is 0 Å². The molecule has 158 valence electrons. The fraction of sp³-hybridized carbons (Fsp3) is 0.579. The molecule has 0 amide bonds. The van der Waals surface area contributed by atoms with Crippen molar-refractivity contribution in [2.45, 2.75) is 43.5 Å². The Balaban J connectivity index is 1.82. The van der Waals surface area contributed by atoms with E-state index in [-0.39, 0.29) is 12.4 Å². The molecule has 1 heterocycles. The molecule has 1 fully saturated rings. The zero-order chi connectivity index (χ0) is 20.7. The normalized spacial score (nSPS) is 27.9. The fourth-order valence-corrected chi connectivity index (χ4v) is 2.88. The first-order chi connectivity index (χ1) is 13.4. The predicted octanol–water partition coefficient (Wildman–Crippen LogP) is -0.285. The summed E-state index contributed by atoms with van der Waals surface area (Å²) in [6, 6.07) is 3.46. The minimum atomic E-state index is -1.46. The number of phenolic OH excluding ortho intramolecular Hbond substituents is 1. The number of rotatable bonds is 9. The molecule has 1 aromatic rings. The highest BCUT2D eigenvalue weighted by atomic mass is 16.7. The van der Waals surface area contributed by atoms with E-state index in [2.05, 4.69) is 0 Å². The Kier molecular flexibility index (Phi) is 8.49. The first-order valence-corrected chi connectivity index (χ1v) is 8.93. The first-order valence-electron chi connectivity index (χ1n) is 8.93. The van der Waals surface area contributed by atoms with Crippen LogP contribution in [0.3, 0.4) is 0 Å². The van der Waals surface area contributed by atoms with Crippen LogP contribution in [0, 0.1) is 0 Å². The van der Waals surface area contributed by atoms with Gasteiger partial charge in [-0.1, -0.05) is 12.2 Å². The van der Waals surface area contributed by atoms with Gasteiger partial charge in [-0.15, -0.1) is 0 Å². The molecule has 5 atom stereocenters. The van der Waals surface area contributed by atoms with Gasteiger partial charge in [-0.05, 0) is 30.5 Å². The summed E-state index contributed by atoms with van der Waals surface area (Å²) in [5, 5.41) is 48.4. The summed E-state index contributed by atoms with van der Waals surface area (Å²) in [6.07, 6.45) is -1.47. The number of aryl methyl sites for hydroxylation is 1. The van der Waals surface area contributed by atoms with Gasteiger partial charge in [0.1, 0.15) is 24.4 Å². The van der Waals surface area contributed by atoms with E-state index in [1.807, 2.05) is 6.08 Å². The molecule has 2 rings (SSSR count). The van der Waals surface area contributed by atoms with Crippen molar-refractivity contribution in [3.05, 3.63) is 29.8 Å². The zero-order valence-corrected chi connectivity index (χ0v) is 15.9. The third kappa shape index (κ3) is 5.34. The summed E-state index contributed by atoms with van der Waals surface area (Å²) in [5.41, 5.74) is 0.922. The lowest BCUT2D eigenvalue weighted by molar-refractivity contribution is -0.298. The second kappa shape index (κ2) is 10.6. The van der Waals surface area contributed by atoms with Gasteiger partial charge in [0.25, 0.3) is 0 Å². The topological polar surface area (TPSA) is 138 Å². The standard InChI is InChI=1S/C19H28O9/c1-25-12-8-11(9-13(26-2)15(12)21)6-4-3-5-7-27-19-18(24)17(23)16(22)14(10-20)28-19/h3,5,8-9,14,16-24H,4,6-7,10H2,1-2H3/b5-3+/t14-,16-,17+,18-,19-/m1/s1. The van der Waals surface area contributed by atoms with E-state index in [0.717, 1.165) is 5.56 Å². The van der Waals surface area contributed by atoms with Crippen molar-refractivity contribution in [3.63, 3.8) is 0 Å². The van der Waals surface area contributed by atoms with Crippen LogP contribution in [0.4, 0.5) is 0 Å². The molecule has 0 aromatic heterocycles. The Morgan fingerprint density at radius 1 is 1.00 bits per heavy atom. The van der Waals surface area contributed by atoms with Crippen LogP contribution in [0.15, 0.2) is 24.3 Å². The monoisotopic (exact) mass is 400 g/mol. The van der Waals surface area contributed by atoms with E-state index in [9.17, 15) is 20.4 Å². The van der Waals surface area contributed by atoms with Crippen molar-refractivity contribution >= 4 is 0 Å². The molecular weight excluding hydrogens is 372 g/mol. The molecule has 9 heteroatoms. The van der Waals surface area contributed by atoms with Crippen LogP contribution in [0.1, 0.15) is 12.0 Å². The SMILES string of the molecule is COc1cc(CC/C=C/CO[C@@H]2O[C@H](CO)[C@@H](O)[C@H](O)[C@H]2O)cc(OC)c1O. The molecule has 0 aliphatic carbocycles. The van der Waals surface area contributed by atoms with Gasteiger partial charge in [0.05, 0.1) is 27.4 Å². The van der Waals surface area contributed by atoms with E-state index in [1.54, 1.807) is 18.2 Å². The van der Waals surface area contributed by atoms with Gasteiger partial charge >= 0.3 is 0 Å². The highest BCUT2D eigenvalue weighted by Gasteiger charge is 2.43. The number of methoxy groups -OCH3 is 2. The number of aliphatic hydroxyl groups excluding tert-OH is 4. The minimum Gasteiger partial charge on any atom is -0.502 e. The summed E-state index contributed by atoms with van der Waals surface area (Å²) < 4.78 is 20.9. The average Bonchev–Trinajstić information content (AvgIpc) is 2.71. The molecule has 28 heavy (non-hydrogen) atoms. The highest BCUT2D eigenvalue weighted by molar-refractivity contribution is 5.52. The van der Waals surface area contributed by atoms with E-state index in [1.165, 1.54) is 14.2 Å². The summed E-state index contributed by atoms with van der Waals surface area (Å²) in [7, 11) is 2.93. The Labute approximate surface area is 163 Å². The molecule has 5 N–H and O–H groups in total. The third-order valence-electron chi connectivity index (χ3n) is 4.51. The maximum atomic E-state index is 9.91. The molecule has 0 bridgehead atoms.